The highest BCUT2D eigenvalue weighted by Crippen LogP contribution is 2.40. The number of piperidine rings is 1. The van der Waals surface area contributed by atoms with Crippen LogP contribution < -0.4 is 15.2 Å². The monoisotopic (exact) mass is 484 g/mol. The standard InChI is InChI=1S/C29H32N4O3/c1-35-21-10-11-28-24(18-21)22(23-6-4-14-30-26(23)19-36-28)7-5-15-32-16-12-20(13-17-32)33-27-9-3-2-8-25(27)31-29(33)34/h2-4,6-11,14,18,20,23,26H,5,12-13,15-17,19H2,1H3,(H,31,34)/b22-7+. The number of hydrogen-bond donors (Lipinski definition) is 1. The molecule has 0 amide bonds. The first-order chi connectivity index (χ1) is 17.7. The molecule has 6 rings (SSSR count). The van der Waals surface area contributed by atoms with Crippen LogP contribution in [-0.2, 0) is 0 Å². The molecule has 1 N–H and O–H groups in total. The van der Waals surface area contributed by atoms with Crippen molar-refractivity contribution in [2.24, 2.45) is 10.9 Å². The van der Waals surface area contributed by atoms with Gasteiger partial charge in [-0.1, -0.05) is 24.3 Å². The number of likely N-dealkylation sites (tertiary alicyclic amines) is 1. The van der Waals surface area contributed by atoms with E-state index in [2.05, 4.69) is 28.1 Å². The molecule has 36 heavy (non-hydrogen) atoms. The van der Waals surface area contributed by atoms with Gasteiger partial charge in [-0.15, -0.1) is 0 Å². The van der Waals surface area contributed by atoms with Gasteiger partial charge in [0, 0.05) is 43.4 Å². The number of nitrogens with one attached hydrogen (secondary N) is 1. The van der Waals surface area contributed by atoms with Gasteiger partial charge in [0.2, 0.25) is 0 Å². The summed E-state index contributed by atoms with van der Waals surface area (Å²) in [5.41, 5.74) is 4.29. The number of ether oxygens (including phenoxy) is 2. The van der Waals surface area contributed by atoms with Gasteiger partial charge in [0.05, 0.1) is 24.2 Å². The lowest BCUT2D eigenvalue weighted by atomic mass is 9.85. The number of allylic oxidation sites excluding steroid dienone is 1. The molecular weight excluding hydrogens is 452 g/mol. The number of aromatic nitrogens is 2. The number of para-hydroxylation sites is 2. The number of imidazole rings is 1. The summed E-state index contributed by atoms with van der Waals surface area (Å²) < 4.78 is 13.6. The maximum absolute atomic E-state index is 12.6. The van der Waals surface area contributed by atoms with Gasteiger partial charge >= 0.3 is 5.69 Å². The number of rotatable bonds is 5. The van der Waals surface area contributed by atoms with E-state index in [4.69, 9.17) is 14.5 Å². The van der Waals surface area contributed by atoms with Crippen molar-refractivity contribution in [3.8, 4) is 11.5 Å². The molecule has 0 bridgehead atoms. The Kier molecular flexibility index (Phi) is 6.23. The molecule has 0 saturated carbocycles. The molecule has 1 aromatic heterocycles. The zero-order valence-corrected chi connectivity index (χ0v) is 20.6. The summed E-state index contributed by atoms with van der Waals surface area (Å²) >= 11 is 0. The molecule has 186 valence electrons. The molecule has 0 spiro atoms. The largest absolute Gasteiger partial charge is 0.497 e. The van der Waals surface area contributed by atoms with Gasteiger partial charge in [0.25, 0.3) is 0 Å². The first-order valence-electron chi connectivity index (χ1n) is 12.8. The molecule has 3 aliphatic rings. The van der Waals surface area contributed by atoms with Crippen molar-refractivity contribution in [1.82, 2.24) is 14.5 Å². The molecule has 2 unspecified atom stereocenters. The van der Waals surface area contributed by atoms with E-state index in [9.17, 15) is 4.79 Å². The van der Waals surface area contributed by atoms with E-state index in [0.717, 1.165) is 67.0 Å². The van der Waals surface area contributed by atoms with Crippen LogP contribution in [0.2, 0.25) is 0 Å². The van der Waals surface area contributed by atoms with Gasteiger partial charge in [-0.2, -0.15) is 0 Å². The number of H-pyrrole nitrogens is 1. The molecule has 2 aromatic carbocycles. The summed E-state index contributed by atoms with van der Waals surface area (Å²) in [5, 5.41) is 0. The van der Waals surface area contributed by atoms with Crippen molar-refractivity contribution in [2.45, 2.75) is 31.3 Å². The fourth-order valence-corrected chi connectivity index (χ4v) is 5.84. The minimum absolute atomic E-state index is 0.00168. The highest BCUT2D eigenvalue weighted by atomic mass is 16.5. The summed E-state index contributed by atoms with van der Waals surface area (Å²) in [6, 6.07) is 14.3. The molecule has 1 fully saturated rings. The number of benzene rings is 2. The maximum Gasteiger partial charge on any atom is 0.326 e. The van der Waals surface area contributed by atoms with Crippen LogP contribution in [-0.4, -0.2) is 60.1 Å². The summed E-state index contributed by atoms with van der Waals surface area (Å²) in [5.74, 6) is 1.92. The Morgan fingerprint density at radius 3 is 2.92 bits per heavy atom. The third-order valence-electron chi connectivity index (χ3n) is 7.72. The maximum atomic E-state index is 12.6. The first-order valence-corrected chi connectivity index (χ1v) is 12.8. The Morgan fingerprint density at radius 1 is 1.19 bits per heavy atom. The Bertz CT molecular complexity index is 1390. The number of hydrogen-bond acceptors (Lipinski definition) is 5. The number of aromatic amines is 1. The van der Waals surface area contributed by atoms with Gasteiger partial charge in [0.15, 0.2) is 0 Å². The normalized spacial score (nSPS) is 23.3. The van der Waals surface area contributed by atoms with E-state index in [1.165, 1.54) is 5.57 Å². The fraction of sp³-hybridized carbons (Fsp3) is 0.379. The second kappa shape index (κ2) is 9.82. The second-order valence-corrected chi connectivity index (χ2v) is 9.79. The quantitative estimate of drug-likeness (QED) is 0.580. The van der Waals surface area contributed by atoms with E-state index in [1.807, 2.05) is 53.3 Å². The average molecular weight is 485 g/mol. The van der Waals surface area contributed by atoms with Crippen LogP contribution in [0.15, 0.2) is 70.5 Å². The lowest BCUT2D eigenvalue weighted by molar-refractivity contribution is 0.189. The number of nitrogens with zero attached hydrogens (tertiary/aromatic N) is 3. The Balaban J connectivity index is 1.16. The second-order valence-electron chi connectivity index (χ2n) is 9.79. The Labute approximate surface area is 210 Å². The van der Waals surface area contributed by atoms with E-state index in [0.29, 0.717) is 6.61 Å². The lowest BCUT2D eigenvalue weighted by Crippen LogP contribution is -2.37. The third kappa shape index (κ3) is 4.28. The Hall–Kier alpha value is -3.58. The highest BCUT2D eigenvalue weighted by Gasteiger charge is 2.31. The van der Waals surface area contributed by atoms with Crippen LogP contribution >= 0.6 is 0 Å². The summed E-state index contributed by atoms with van der Waals surface area (Å²) in [6.45, 7) is 3.54. The highest BCUT2D eigenvalue weighted by molar-refractivity contribution is 5.80. The molecule has 0 radical (unpaired) electrons. The van der Waals surface area contributed by atoms with Crippen LogP contribution in [0.5, 0.6) is 11.5 Å². The molecule has 7 heteroatoms. The number of aliphatic imine (C=N–C) groups is 1. The molecule has 3 aromatic rings. The zero-order chi connectivity index (χ0) is 24.5. The summed E-state index contributed by atoms with van der Waals surface area (Å²) in [6.07, 6.45) is 11.4. The van der Waals surface area contributed by atoms with Crippen LogP contribution in [0.25, 0.3) is 16.6 Å². The fourth-order valence-electron chi connectivity index (χ4n) is 5.84. The van der Waals surface area contributed by atoms with E-state index in [1.54, 1.807) is 7.11 Å². The van der Waals surface area contributed by atoms with Gasteiger partial charge in [-0.3, -0.25) is 9.56 Å². The predicted molar refractivity (Wildman–Crippen MR) is 143 cm³/mol. The van der Waals surface area contributed by atoms with E-state index >= 15 is 0 Å². The molecule has 1 saturated heterocycles. The molecule has 3 aliphatic heterocycles. The van der Waals surface area contributed by atoms with Gasteiger partial charge < -0.3 is 19.4 Å². The van der Waals surface area contributed by atoms with Crippen LogP contribution in [0.4, 0.5) is 0 Å². The summed E-state index contributed by atoms with van der Waals surface area (Å²) in [7, 11) is 1.70. The zero-order valence-electron chi connectivity index (χ0n) is 20.6. The van der Waals surface area contributed by atoms with Gasteiger partial charge in [-0.25, -0.2) is 4.79 Å². The lowest BCUT2D eigenvalue weighted by Gasteiger charge is -2.32. The Morgan fingerprint density at radius 2 is 2.06 bits per heavy atom. The number of dihydropyridines is 1. The van der Waals surface area contributed by atoms with Crippen LogP contribution in [0.1, 0.15) is 30.9 Å². The van der Waals surface area contributed by atoms with Crippen LogP contribution in [0, 0.1) is 5.92 Å². The average Bonchev–Trinajstić information content (AvgIpc) is 3.17. The number of methoxy groups -OCH3 is 1. The first kappa shape index (κ1) is 22.9. The topological polar surface area (TPSA) is 71.8 Å². The third-order valence-corrected chi connectivity index (χ3v) is 7.72. The SMILES string of the molecule is COc1ccc2c(c1)/C(=C/CCN1CCC(n3c(=O)[nH]c4ccccc43)CC1)C1C=CC=NC1CO2. The molecule has 0 aliphatic carbocycles. The van der Waals surface area contributed by atoms with Crippen molar-refractivity contribution in [1.29, 1.82) is 0 Å². The van der Waals surface area contributed by atoms with Gasteiger partial charge in [-0.05, 0) is 61.2 Å². The summed E-state index contributed by atoms with van der Waals surface area (Å²) in [4.78, 5) is 22.8. The smallest absolute Gasteiger partial charge is 0.326 e. The van der Waals surface area contributed by atoms with Crippen molar-refractivity contribution >= 4 is 22.8 Å². The van der Waals surface area contributed by atoms with Gasteiger partial charge in [0.1, 0.15) is 18.1 Å². The van der Waals surface area contributed by atoms with Crippen molar-refractivity contribution in [3.63, 3.8) is 0 Å². The molecule has 7 nitrogen and oxygen atoms in total. The van der Waals surface area contributed by atoms with Crippen molar-refractivity contribution in [3.05, 3.63) is 76.7 Å². The minimum atomic E-state index is 0.00168. The molecular formula is C29H32N4O3. The van der Waals surface area contributed by atoms with Crippen molar-refractivity contribution < 1.29 is 9.47 Å². The van der Waals surface area contributed by atoms with Crippen LogP contribution in [0.3, 0.4) is 0 Å². The predicted octanol–water partition coefficient (Wildman–Crippen LogP) is 4.47. The van der Waals surface area contributed by atoms with E-state index < -0.39 is 0 Å². The van der Waals surface area contributed by atoms with E-state index in [-0.39, 0.29) is 23.7 Å². The van der Waals surface area contributed by atoms with Crippen molar-refractivity contribution in [2.75, 3.05) is 33.4 Å². The number of fused-ring (bicyclic) bond motifs is 3. The molecule has 4 heterocycles. The molecule has 2 atom stereocenters. The minimum Gasteiger partial charge on any atom is -0.497 e.